The van der Waals surface area contributed by atoms with Crippen molar-refractivity contribution in [2.24, 2.45) is 0 Å². The topological polar surface area (TPSA) is 20.3 Å². The lowest BCUT2D eigenvalue weighted by Gasteiger charge is -2.12. The Hall–Kier alpha value is -0.730. The minimum absolute atomic E-state index is 0.530. The zero-order valence-corrected chi connectivity index (χ0v) is 7.93. The second kappa shape index (κ2) is 3.78. The average molecular weight is 204 g/mol. The van der Waals surface area contributed by atoms with E-state index in [1.807, 2.05) is 0 Å². The van der Waals surface area contributed by atoms with Crippen molar-refractivity contribution < 1.29 is 4.79 Å². The molecule has 1 aromatic carbocycles. The summed E-state index contributed by atoms with van der Waals surface area (Å²) in [5, 5.41) is 0.0505. The summed E-state index contributed by atoms with van der Waals surface area (Å²) in [5.41, 5.74) is 0.683. The fraction of sp³-hybridized carbons (Fsp3) is 0.125. The van der Waals surface area contributed by atoms with Crippen LogP contribution in [0, 0.1) is 0 Å². The van der Waals surface area contributed by atoms with Crippen LogP contribution in [0.25, 0.3) is 0 Å². The van der Waals surface area contributed by atoms with Crippen LogP contribution in [-0.2, 0) is 0 Å². The Morgan fingerprint density at radius 3 is 2.67 bits per heavy atom. The van der Waals surface area contributed by atoms with E-state index in [-0.39, 0.29) is 0 Å². The molecular weight excluding hydrogens is 197 g/mol. The molecule has 0 saturated carbocycles. The highest BCUT2D eigenvalue weighted by Gasteiger charge is 2.06. The van der Waals surface area contributed by atoms with Crippen molar-refractivity contribution in [1.29, 1.82) is 0 Å². The van der Waals surface area contributed by atoms with Crippen molar-refractivity contribution >= 4 is 34.3 Å². The van der Waals surface area contributed by atoms with E-state index in [2.05, 4.69) is 0 Å². The number of rotatable bonds is 1. The van der Waals surface area contributed by atoms with Gasteiger partial charge in [0, 0.05) is 17.8 Å². The maximum absolute atomic E-state index is 10.7. The molecule has 2 nitrogen and oxygen atoms in total. The van der Waals surface area contributed by atoms with Gasteiger partial charge in [-0.3, -0.25) is 4.79 Å². The van der Waals surface area contributed by atoms with Crippen LogP contribution in [-0.4, -0.2) is 12.4 Å². The van der Waals surface area contributed by atoms with Gasteiger partial charge in [0.15, 0.2) is 0 Å². The van der Waals surface area contributed by atoms with Gasteiger partial charge in [-0.2, -0.15) is 0 Å². The molecule has 0 N–H and O–H groups in total. The van der Waals surface area contributed by atoms with Crippen LogP contribution in [0.1, 0.15) is 0 Å². The van der Waals surface area contributed by atoms with Crippen LogP contribution in [0.15, 0.2) is 24.3 Å². The number of hydrogen-bond acceptors (Lipinski definition) is 1. The molecule has 0 spiro atoms. The highest BCUT2D eigenvalue weighted by molar-refractivity contribution is 6.66. The minimum Gasteiger partial charge on any atom is -0.302 e. The summed E-state index contributed by atoms with van der Waals surface area (Å²) >= 11 is 11.0. The second-order valence-corrected chi connectivity index (χ2v) is 3.05. The van der Waals surface area contributed by atoms with Crippen LogP contribution >= 0.6 is 23.2 Å². The first kappa shape index (κ1) is 9.36. The summed E-state index contributed by atoms with van der Waals surface area (Å²) < 4.78 is 0. The molecule has 1 aromatic rings. The monoisotopic (exact) mass is 203 g/mol. The molecule has 0 bridgehead atoms. The molecule has 4 heteroatoms. The van der Waals surface area contributed by atoms with Gasteiger partial charge in [-0.1, -0.05) is 17.7 Å². The summed E-state index contributed by atoms with van der Waals surface area (Å²) in [6.07, 6.45) is 0. The van der Waals surface area contributed by atoms with Crippen molar-refractivity contribution in [1.82, 2.24) is 0 Å². The number of benzene rings is 1. The van der Waals surface area contributed by atoms with Crippen LogP contribution < -0.4 is 4.90 Å². The number of anilines is 1. The van der Waals surface area contributed by atoms with E-state index in [0.29, 0.717) is 10.7 Å². The van der Waals surface area contributed by atoms with E-state index < -0.39 is 5.37 Å². The van der Waals surface area contributed by atoms with Gasteiger partial charge in [0.25, 0.3) is 0 Å². The normalized spacial score (nSPS) is 9.58. The van der Waals surface area contributed by atoms with E-state index >= 15 is 0 Å². The van der Waals surface area contributed by atoms with E-state index in [1.165, 1.54) is 4.90 Å². The Bertz CT molecular complexity index is 301. The molecule has 0 radical (unpaired) electrons. The van der Waals surface area contributed by atoms with E-state index in [1.54, 1.807) is 31.3 Å². The molecule has 64 valence electrons. The lowest BCUT2D eigenvalue weighted by Crippen LogP contribution is -2.19. The van der Waals surface area contributed by atoms with E-state index in [4.69, 9.17) is 23.2 Å². The average Bonchev–Trinajstić information content (AvgIpc) is 2.03. The van der Waals surface area contributed by atoms with Crippen LogP contribution in [0.3, 0.4) is 0 Å². The Kier molecular flexibility index (Phi) is 2.95. The third-order valence-electron chi connectivity index (χ3n) is 1.46. The van der Waals surface area contributed by atoms with Crippen LogP contribution in [0.4, 0.5) is 10.5 Å². The Balaban J connectivity index is 2.95. The number of carbonyl (C=O) groups is 1. The zero-order valence-electron chi connectivity index (χ0n) is 6.42. The van der Waals surface area contributed by atoms with Gasteiger partial charge in [0.1, 0.15) is 0 Å². The number of amides is 1. The zero-order chi connectivity index (χ0) is 9.14. The SMILES string of the molecule is CN(C(=O)Cl)c1cccc(Cl)c1. The van der Waals surface area contributed by atoms with Crippen molar-refractivity contribution in [3.63, 3.8) is 0 Å². The molecule has 0 aromatic heterocycles. The first-order chi connectivity index (χ1) is 5.61. The fourth-order valence-electron chi connectivity index (χ4n) is 0.786. The van der Waals surface area contributed by atoms with Crippen molar-refractivity contribution in [3.05, 3.63) is 29.3 Å². The first-order valence-electron chi connectivity index (χ1n) is 3.30. The van der Waals surface area contributed by atoms with Gasteiger partial charge < -0.3 is 4.90 Å². The van der Waals surface area contributed by atoms with Crippen molar-refractivity contribution in [2.75, 3.05) is 11.9 Å². The molecule has 0 saturated heterocycles. The first-order valence-corrected chi connectivity index (χ1v) is 4.05. The molecule has 0 unspecified atom stereocenters. The molecule has 12 heavy (non-hydrogen) atoms. The predicted molar refractivity (Wildman–Crippen MR) is 51.1 cm³/mol. The van der Waals surface area contributed by atoms with Gasteiger partial charge in [-0.15, -0.1) is 0 Å². The largest absolute Gasteiger partial charge is 0.320 e. The quantitative estimate of drug-likeness (QED) is 0.508. The number of carbonyl (C=O) groups excluding carboxylic acids is 1. The molecule has 0 heterocycles. The fourth-order valence-corrected chi connectivity index (χ4v) is 1.07. The molecule has 0 fully saturated rings. The summed E-state index contributed by atoms with van der Waals surface area (Å²) in [5.74, 6) is 0. The smallest absolute Gasteiger partial charge is 0.302 e. The molecule has 0 aliphatic carbocycles. The van der Waals surface area contributed by atoms with Crippen LogP contribution in [0.5, 0.6) is 0 Å². The molecule has 0 atom stereocenters. The van der Waals surface area contributed by atoms with Gasteiger partial charge >= 0.3 is 5.37 Å². The minimum atomic E-state index is -0.530. The van der Waals surface area contributed by atoms with Gasteiger partial charge in [0.2, 0.25) is 0 Å². The standard InChI is InChI=1S/C8H7Cl2NO/c1-11(8(10)12)7-4-2-3-6(9)5-7/h2-5H,1H3. The molecule has 0 aliphatic rings. The molecule has 1 rings (SSSR count). The lowest BCUT2D eigenvalue weighted by molar-refractivity contribution is 0.265. The summed E-state index contributed by atoms with van der Waals surface area (Å²) in [4.78, 5) is 12.0. The summed E-state index contributed by atoms with van der Waals surface area (Å²) in [7, 11) is 1.58. The van der Waals surface area contributed by atoms with Gasteiger partial charge in [0.05, 0.1) is 0 Å². The van der Waals surface area contributed by atoms with Crippen molar-refractivity contribution in [3.8, 4) is 0 Å². The highest BCUT2D eigenvalue weighted by atomic mass is 35.5. The molecule has 0 aliphatic heterocycles. The maximum atomic E-state index is 10.7. The summed E-state index contributed by atoms with van der Waals surface area (Å²) in [6.45, 7) is 0. The Labute approximate surface area is 80.7 Å². The lowest BCUT2D eigenvalue weighted by atomic mass is 10.3. The molecular formula is C8H7Cl2NO. The maximum Gasteiger partial charge on any atom is 0.320 e. The second-order valence-electron chi connectivity index (χ2n) is 2.29. The van der Waals surface area contributed by atoms with Gasteiger partial charge in [-0.25, -0.2) is 0 Å². The van der Waals surface area contributed by atoms with Gasteiger partial charge in [-0.05, 0) is 29.8 Å². The van der Waals surface area contributed by atoms with Crippen LogP contribution in [0.2, 0.25) is 5.02 Å². The number of halogens is 2. The number of nitrogens with zero attached hydrogens (tertiary/aromatic N) is 1. The third kappa shape index (κ3) is 2.13. The summed E-state index contributed by atoms with van der Waals surface area (Å²) in [6, 6.07) is 6.92. The number of hydrogen-bond donors (Lipinski definition) is 0. The molecule has 1 amide bonds. The Morgan fingerprint density at radius 1 is 1.50 bits per heavy atom. The predicted octanol–water partition coefficient (Wildman–Crippen LogP) is 3.14. The Morgan fingerprint density at radius 2 is 2.17 bits per heavy atom. The van der Waals surface area contributed by atoms with Crippen molar-refractivity contribution in [2.45, 2.75) is 0 Å². The third-order valence-corrected chi connectivity index (χ3v) is 1.95. The van der Waals surface area contributed by atoms with E-state index in [9.17, 15) is 4.79 Å². The van der Waals surface area contributed by atoms with E-state index in [0.717, 1.165) is 0 Å². The highest BCUT2D eigenvalue weighted by Crippen LogP contribution is 2.18.